The van der Waals surface area contributed by atoms with Gasteiger partial charge >= 0.3 is 0 Å². The zero-order chi connectivity index (χ0) is 13.2. The van der Waals surface area contributed by atoms with E-state index in [1.165, 1.54) is 47.2 Å². The lowest BCUT2D eigenvalue weighted by atomic mass is 10.3. The monoisotopic (exact) mass is 294 g/mol. The van der Waals surface area contributed by atoms with Crippen LogP contribution in [0, 0.1) is 6.92 Å². The third-order valence-electron chi connectivity index (χ3n) is 3.44. The van der Waals surface area contributed by atoms with Crippen LogP contribution in [0.2, 0.25) is 0 Å². The number of aromatic nitrogens is 2. The molecule has 0 saturated carbocycles. The second-order valence-corrected chi connectivity index (χ2v) is 6.87. The number of hydrogen-bond donors (Lipinski definition) is 1. The third kappa shape index (κ3) is 2.96. The standard InChI is InChI=1S/C13H18N4S2/c1-9-12(10-8-18-13(14)16-10)19-11(15-9)4-7-17-5-2-3-6-17/h8H,2-7H2,1H3,(H2,14,16). The number of rotatable bonds is 4. The molecule has 0 aromatic carbocycles. The zero-order valence-corrected chi connectivity index (χ0v) is 12.7. The second-order valence-electron chi connectivity index (χ2n) is 4.89. The highest BCUT2D eigenvalue weighted by atomic mass is 32.1. The minimum Gasteiger partial charge on any atom is -0.375 e. The van der Waals surface area contributed by atoms with Gasteiger partial charge in [0.15, 0.2) is 5.13 Å². The van der Waals surface area contributed by atoms with E-state index in [1.807, 2.05) is 5.38 Å². The minimum atomic E-state index is 0.626. The van der Waals surface area contributed by atoms with Gasteiger partial charge in [-0.15, -0.1) is 22.7 Å². The van der Waals surface area contributed by atoms with Gasteiger partial charge in [0, 0.05) is 18.3 Å². The lowest BCUT2D eigenvalue weighted by molar-refractivity contribution is 0.343. The zero-order valence-electron chi connectivity index (χ0n) is 11.1. The number of thiazole rings is 2. The van der Waals surface area contributed by atoms with Gasteiger partial charge in [0.25, 0.3) is 0 Å². The van der Waals surface area contributed by atoms with Crippen LogP contribution in [0.3, 0.4) is 0 Å². The highest BCUT2D eigenvalue weighted by molar-refractivity contribution is 7.16. The Kier molecular flexibility index (Phi) is 3.81. The van der Waals surface area contributed by atoms with E-state index in [0.717, 1.165) is 24.4 Å². The maximum atomic E-state index is 5.70. The van der Waals surface area contributed by atoms with Crippen LogP contribution in [0.1, 0.15) is 23.5 Å². The Bertz CT molecular complexity index is 555. The van der Waals surface area contributed by atoms with Crippen LogP contribution in [0.25, 0.3) is 10.6 Å². The van der Waals surface area contributed by atoms with Crippen molar-refractivity contribution < 1.29 is 0 Å². The topological polar surface area (TPSA) is 55.0 Å². The van der Waals surface area contributed by atoms with Crippen molar-refractivity contribution in [1.29, 1.82) is 0 Å². The number of hydrogen-bond acceptors (Lipinski definition) is 6. The fourth-order valence-corrected chi connectivity index (χ4v) is 4.09. The molecule has 3 heterocycles. The van der Waals surface area contributed by atoms with E-state index >= 15 is 0 Å². The molecule has 19 heavy (non-hydrogen) atoms. The van der Waals surface area contributed by atoms with Crippen LogP contribution in [0.5, 0.6) is 0 Å². The summed E-state index contributed by atoms with van der Waals surface area (Å²) in [6.07, 6.45) is 3.74. The molecule has 4 nitrogen and oxygen atoms in total. The van der Waals surface area contributed by atoms with Crippen LogP contribution in [0.4, 0.5) is 5.13 Å². The molecule has 1 aliphatic heterocycles. The van der Waals surface area contributed by atoms with E-state index in [9.17, 15) is 0 Å². The quantitative estimate of drug-likeness (QED) is 0.942. The molecule has 1 aliphatic rings. The molecule has 0 unspecified atom stereocenters. The third-order valence-corrected chi connectivity index (χ3v) is 5.35. The Morgan fingerprint density at radius 1 is 1.32 bits per heavy atom. The summed E-state index contributed by atoms with van der Waals surface area (Å²) in [4.78, 5) is 12.7. The molecule has 0 spiro atoms. The summed E-state index contributed by atoms with van der Waals surface area (Å²) >= 11 is 3.25. The lowest BCUT2D eigenvalue weighted by Gasteiger charge is -2.12. The van der Waals surface area contributed by atoms with Gasteiger partial charge in [-0.3, -0.25) is 0 Å². The summed E-state index contributed by atoms with van der Waals surface area (Å²) in [6.45, 7) is 5.69. The molecule has 0 atom stereocenters. The largest absolute Gasteiger partial charge is 0.375 e. The first-order chi connectivity index (χ1) is 9.22. The van der Waals surface area contributed by atoms with Crippen molar-refractivity contribution in [2.75, 3.05) is 25.4 Å². The van der Waals surface area contributed by atoms with E-state index in [2.05, 4.69) is 21.8 Å². The molecule has 2 N–H and O–H groups in total. The molecule has 0 bridgehead atoms. The molecule has 0 aliphatic carbocycles. The number of likely N-dealkylation sites (tertiary alicyclic amines) is 1. The highest BCUT2D eigenvalue weighted by Crippen LogP contribution is 2.31. The molecular weight excluding hydrogens is 276 g/mol. The Morgan fingerprint density at radius 2 is 2.11 bits per heavy atom. The number of nitrogens with zero attached hydrogens (tertiary/aromatic N) is 3. The Morgan fingerprint density at radius 3 is 2.79 bits per heavy atom. The van der Waals surface area contributed by atoms with Gasteiger partial charge in [-0.25, -0.2) is 9.97 Å². The van der Waals surface area contributed by atoms with Crippen LogP contribution in [-0.2, 0) is 6.42 Å². The SMILES string of the molecule is Cc1nc(CCN2CCCC2)sc1-c1csc(N)n1. The highest BCUT2D eigenvalue weighted by Gasteiger charge is 2.15. The molecule has 102 valence electrons. The van der Waals surface area contributed by atoms with Crippen molar-refractivity contribution in [2.45, 2.75) is 26.2 Å². The maximum Gasteiger partial charge on any atom is 0.180 e. The molecule has 0 radical (unpaired) electrons. The summed E-state index contributed by atoms with van der Waals surface area (Å²) in [5.74, 6) is 0. The first kappa shape index (κ1) is 13.0. The Labute approximate surface area is 121 Å². The molecule has 1 saturated heterocycles. The second kappa shape index (κ2) is 5.56. The fraction of sp³-hybridized carbons (Fsp3) is 0.538. The van der Waals surface area contributed by atoms with Crippen molar-refractivity contribution in [2.24, 2.45) is 0 Å². The van der Waals surface area contributed by atoms with E-state index in [-0.39, 0.29) is 0 Å². The van der Waals surface area contributed by atoms with E-state index < -0.39 is 0 Å². The van der Waals surface area contributed by atoms with E-state index in [4.69, 9.17) is 5.73 Å². The predicted molar refractivity (Wildman–Crippen MR) is 81.7 cm³/mol. The maximum absolute atomic E-state index is 5.70. The summed E-state index contributed by atoms with van der Waals surface area (Å²) in [6, 6.07) is 0. The van der Waals surface area contributed by atoms with Crippen molar-refractivity contribution in [3.05, 3.63) is 16.1 Å². The van der Waals surface area contributed by atoms with Gasteiger partial charge in [-0.05, 0) is 32.9 Å². The van der Waals surface area contributed by atoms with Crippen LogP contribution >= 0.6 is 22.7 Å². The van der Waals surface area contributed by atoms with E-state index in [1.54, 1.807) is 11.3 Å². The Balaban J connectivity index is 1.70. The Hall–Kier alpha value is -0.980. The predicted octanol–water partition coefficient (Wildman–Crippen LogP) is 2.80. The lowest BCUT2D eigenvalue weighted by Crippen LogP contribution is -2.21. The fourth-order valence-electron chi connectivity index (χ4n) is 2.45. The van der Waals surface area contributed by atoms with Crippen LogP contribution in [0.15, 0.2) is 5.38 Å². The van der Waals surface area contributed by atoms with Gasteiger partial charge in [0.2, 0.25) is 0 Å². The number of nitrogen functional groups attached to an aromatic ring is 1. The van der Waals surface area contributed by atoms with E-state index in [0.29, 0.717) is 5.13 Å². The molecule has 1 fully saturated rings. The van der Waals surface area contributed by atoms with Crippen molar-refractivity contribution >= 4 is 27.8 Å². The molecule has 2 aromatic heterocycles. The first-order valence-electron chi connectivity index (χ1n) is 6.62. The average Bonchev–Trinajstić information content (AvgIpc) is 3.07. The number of anilines is 1. The number of nitrogens with two attached hydrogens (primary N) is 1. The van der Waals surface area contributed by atoms with Crippen LogP contribution in [-0.4, -0.2) is 34.5 Å². The average molecular weight is 294 g/mol. The van der Waals surface area contributed by atoms with Gasteiger partial charge in [-0.2, -0.15) is 0 Å². The normalized spacial score (nSPS) is 16.3. The van der Waals surface area contributed by atoms with Gasteiger partial charge < -0.3 is 10.6 Å². The van der Waals surface area contributed by atoms with Gasteiger partial charge in [-0.1, -0.05) is 0 Å². The minimum absolute atomic E-state index is 0.626. The number of aryl methyl sites for hydroxylation is 1. The molecular formula is C13H18N4S2. The molecule has 0 amide bonds. The summed E-state index contributed by atoms with van der Waals surface area (Å²) in [7, 11) is 0. The molecule has 2 aromatic rings. The van der Waals surface area contributed by atoms with Crippen LogP contribution < -0.4 is 5.73 Å². The van der Waals surface area contributed by atoms with Crippen molar-refractivity contribution in [3.63, 3.8) is 0 Å². The van der Waals surface area contributed by atoms with Gasteiger partial charge in [0.05, 0.1) is 21.3 Å². The molecule has 6 heteroatoms. The summed E-state index contributed by atoms with van der Waals surface area (Å²) in [5, 5.41) is 3.85. The van der Waals surface area contributed by atoms with Crippen molar-refractivity contribution in [1.82, 2.24) is 14.9 Å². The molecule has 3 rings (SSSR count). The smallest absolute Gasteiger partial charge is 0.180 e. The summed E-state index contributed by atoms with van der Waals surface area (Å²) < 4.78 is 0. The van der Waals surface area contributed by atoms with Gasteiger partial charge in [0.1, 0.15) is 0 Å². The van der Waals surface area contributed by atoms with Crippen molar-refractivity contribution in [3.8, 4) is 10.6 Å². The summed E-state index contributed by atoms with van der Waals surface area (Å²) in [5.41, 5.74) is 7.75. The first-order valence-corrected chi connectivity index (χ1v) is 8.32.